The predicted molar refractivity (Wildman–Crippen MR) is 105 cm³/mol. The van der Waals surface area contributed by atoms with Gasteiger partial charge in [0, 0.05) is 37.1 Å². The first-order chi connectivity index (χ1) is 12.6. The summed E-state index contributed by atoms with van der Waals surface area (Å²) < 4.78 is 0. The highest BCUT2D eigenvalue weighted by atomic mass is 16.2. The summed E-state index contributed by atoms with van der Waals surface area (Å²) in [6.45, 7) is 1.89. The maximum Gasteiger partial charge on any atom is 0.253 e. The van der Waals surface area contributed by atoms with E-state index in [1.165, 1.54) is 6.42 Å². The molecule has 2 aromatic carbocycles. The Bertz CT molecular complexity index is 738. The van der Waals surface area contributed by atoms with Crippen molar-refractivity contribution < 1.29 is 9.59 Å². The minimum absolute atomic E-state index is 0.0235. The van der Waals surface area contributed by atoms with Crippen molar-refractivity contribution in [2.45, 2.75) is 19.3 Å². The zero-order valence-electron chi connectivity index (χ0n) is 15.1. The van der Waals surface area contributed by atoms with E-state index in [1.54, 1.807) is 11.9 Å². The van der Waals surface area contributed by atoms with Gasteiger partial charge in [-0.3, -0.25) is 9.59 Å². The molecule has 0 aromatic heterocycles. The summed E-state index contributed by atoms with van der Waals surface area (Å²) in [6.07, 6.45) is 3.38. The van der Waals surface area contributed by atoms with Gasteiger partial charge in [0.05, 0.1) is 6.54 Å². The zero-order valence-corrected chi connectivity index (χ0v) is 15.1. The Morgan fingerprint density at radius 3 is 2.27 bits per heavy atom. The molecule has 1 aliphatic heterocycles. The number of likely N-dealkylation sites (N-methyl/N-ethyl adjacent to an activating group) is 1. The highest BCUT2D eigenvalue weighted by Crippen LogP contribution is 2.16. The number of hydrogen-bond donors (Lipinski definition) is 1. The smallest absolute Gasteiger partial charge is 0.253 e. The normalized spacial score (nSPS) is 14.0. The lowest BCUT2D eigenvalue weighted by atomic mass is 10.1. The van der Waals surface area contributed by atoms with Crippen LogP contribution in [0.3, 0.4) is 0 Å². The Hall–Kier alpha value is -2.82. The van der Waals surface area contributed by atoms with E-state index in [0.29, 0.717) is 5.56 Å². The Morgan fingerprint density at radius 2 is 1.62 bits per heavy atom. The quantitative estimate of drug-likeness (QED) is 0.898. The highest BCUT2D eigenvalue weighted by molar-refractivity contribution is 5.96. The van der Waals surface area contributed by atoms with Crippen molar-refractivity contribution in [2.24, 2.45) is 0 Å². The van der Waals surface area contributed by atoms with Crippen LogP contribution in [0.1, 0.15) is 29.6 Å². The largest absolute Gasteiger partial charge is 0.376 e. The maximum atomic E-state index is 12.5. The Morgan fingerprint density at radius 1 is 0.962 bits per heavy atom. The number of piperidine rings is 1. The van der Waals surface area contributed by atoms with Gasteiger partial charge in [0.15, 0.2) is 0 Å². The van der Waals surface area contributed by atoms with Crippen molar-refractivity contribution in [1.82, 2.24) is 4.90 Å². The molecule has 26 heavy (non-hydrogen) atoms. The third-order valence-corrected chi connectivity index (χ3v) is 4.74. The standard InChI is InChI=1S/C21H25N3O2/c1-23(19-8-4-2-5-9-19)20(25)16-22-18-12-10-17(11-13-18)21(26)24-14-6-3-7-15-24/h2,4-5,8-13,22H,3,6-7,14-16H2,1H3. The van der Waals surface area contributed by atoms with Crippen LogP contribution >= 0.6 is 0 Å². The molecule has 5 heteroatoms. The number of amides is 2. The summed E-state index contributed by atoms with van der Waals surface area (Å²) in [5, 5.41) is 3.12. The summed E-state index contributed by atoms with van der Waals surface area (Å²) in [6, 6.07) is 16.9. The van der Waals surface area contributed by atoms with Crippen LogP contribution in [-0.2, 0) is 4.79 Å². The summed E-state index contributed by atoms with van der Waals surface area (Å²) in [5.74, 6) is 0.0702. The fourth-order valence-electron chi connectivity index (χ4n) is 3.10. The fourth-order valence-corrected chi connectivity index (χ4v) is 3.10. The van der Waals surface area contributed by atoms with Crippen molar-refractivity contribution in [3.63, 3.8) is 0 Å². The number of anilines is 2. The molecular weight excluding hydrogens is 326 g/mol. The molecule has 1 aliphatic rings. The van der Waals surface area contributed by atoms with Crippen molar-refractivity contribution in [3.8, 4) is 0 Å². The van der Waals surface area contributed by atoms with Crippen molar-refractivity contribution in [1.29, 1.82) is 0 Å². The molecule has 0 saturated carbocycles. The van der Waals surface area contributed by atoms with Crippen molar-refractivity contribution >= 4 is 23.2 Å². The average molecular weight is 351 g/mol. The van der Waals surface area contributed by atoms with E-state index in [4.69, 9.17) is 0 Å². The highest BCUT2D eigenvalue weighted by Gasteiger charge is 2.18. The molecular formula is C21H25N3O2. The van der Waals surface area contributed by atoms with Gasteiger partial charge in [0.25, 0.3) is 5.91 Å². The molecule has 1 N–H and O–H groups in total. The van der Waals surface area contributed by atoms with Gasteiger partial charge in [-0.2, -0.15) is 0 Å². The first-order valence-corrected chi connectivity index (χ1v) is 9.10. The molecule has 3 rings (SSSR count). The predicted octanol–water partition coefficient (Wildman–Crippen LogP) is 3.39. The number of hydrogen-bond acceptors (Lipinski definition) is 3. The van der Waals surface area contributed by atoms with Crippen LogP contribution < -0.4 is 10.2 Å². The molecule has 2 amide bonds. The van der Waals surface area contributed by atoms with Crippen molar-refractivity contribution in [3.05, 3.63) is 60.2 Å². The van der Waals surface area contributed by atoms with Gasteiger partial charge in [0.1, 0.15) is 0 Å². The Labute approximate surface area is 154 Å². The van der Waals surface area contributed by atoms with Crippen molar-refractivity contribution in [2.75, 3.05) is 36.9 Å². The molecule has 0 aliphatic carbocycles. The lowest BCUT2D eigenvalue weighted by molar-refractivity contribution is -0.116. The maximum absolute atomic E-state index is 12.5. The van der Waals surface area contributed by atoms with Crippen LogP contribution in [0, 0.1) is 0 Å². The molecule has 5 nitrogen and oxygen atoms in total. The van der Waals surface area contributed by atoms with Gasteiger partial charge in [-0.15, -0.1) is 0 Å². The van der Waals surface area contributed by atoms with Crippen LogP contribution in [0.25, 0.3) is 0 Å². The number of likely N-dealkylation sites (tertiary alicyclic amines) is 1. The number of nitrogens with one attached hydrogen (secondary N) is 1. The fraction of sp³-hybridized carbons (Fsp3) is 0.333. The van der Waals surface area contributed by atoms with Gasteiger partial charge in [-0.1, -0.05) is 18.2 Å². The Kier molecular flexibility index (Phi) is 5.89. The van der Waals surface area contributed by atoms with Gasteiger partial charge in [-0.25, -0.2) is 0 Å². The molecule has 0 spiro atoms. The number of nitrogens with zero attached hydrogens (tertiary/aromatic N) is 2. The van der Waals surface area contributed by atoms with Crippen LogP contribution in [0.5, 0.6) is 0 Å². The SMILES string of the molecule is CN(C(=O)CNc1ccc(C(=O)N2CCCCC2)cc1)c1ccccc1. The summed E-state index contributed by atoms with van der Waals surface area (Å²) in [4.78, 5) is 28.3. The number of carbonyl (C=O) groups excluding carboxylic acids is 2. The topological polar surface area (TPSA) is 52.7 Å². The lowest BCUT2D eigenvalue weighted by Gasteiger charge is -2.26. The number of carbonyl (C=O) groups is 2. The van der Waals surface area contributed by atoms with E-state index < -0.39 is 0 Å². The summed E-state index contributed by atoms with van der Waals surface area (Å²) in [5.41, 5.74) is 2.39. The zero-order chi connectivity index (χ0) is 18.4. The van der Waals surface area contributed by atoms with E-state index >= 15 is 0 Å². The number of benzene rings is 2. The van der Waals surface area contributed by atoms with E-state index in [9.17, 15) is 9.59 Å². The molecule has 0 radical (unpaired) electrons. The van der Waals surface area contributed by atoms with Crippen LogP contribution in [-0.4, -0.2) is 43.4 Å². The third-order valence-electron chi connectivity index (χ3n) is 4.74. The minimum Gasteiger partial charge on any atom is -0.376 e. The van der Waals surface area contributed by atoms with E-state index in [-0.39, 0.29) is 18.4 Å². The van der Waals surface area contributed by atoms with Gasteiger partial charge in [-0.05, 0) is 55.7 Å². The first kappa shape index (κ1) is 18.0. The minimum atomic E-state index is -0.0235. The molecule has 136 valence electrons. The molecule has 1 fully saturated rings. The van der Waals surface area contributed by atoms with Gasteiger partial charge >= 0.3 is 0 Å². The van der Waals surface area contributed by atoms with Gasteiger partial charge in [0.2, 0.25) is 5.91 Å². The number of para-hydroxylation sites is 1. The molecule has 2 aromatic rings. The first-order valence-electron chi connectivity index (χ1n) is 9.10. The second-order valence-electron chi connectivity index (χ2n) is 6.57. The van der Waals surface area contributed by atoms with Gasteiger partial charge < -0.3 is 15.1 Å². The van der Waals surface area contributed by atoms with Crippen LogP contribution in [0.4, 0.5) is 11.4 Å². The molecule has 0 unspecified atom stereocenters. The summed E-state index contributed by atoms with van der Waals surface area (Å²) >= 11 is 0. The van der Waals surface area contributed by atoms with E-state index in [2.05, 4.69) is 5.32 Å². The molecule has 0 atom stereocenters. The second kappa shape index (κ2) is 8.52. The van der Waals surface area contributed by atoms with E-state index in [0.717, 1.165) is 37.3 Å². The van der Waals surface area contributed by atoms with Crippen LogP contribution in [0.2, 0.25) is 0 Å². The van der Waals surface area contributed by atoms with E-state index in [1.807, 2.05) is 59.5 Å². The average Bonchev–Trinajstić information content (AvgIpc) is 2.72. The molecule has 0 bridgehead atoms. The lowest BCUT2D eigenvalue weighted by Crippen LogP contribution is -2.35. The second-order valence-corrected chi connectivity index (χ2v) is 6.57. The summed E-state index contributed by atoms with van der Waals surface area (Å²) in [7, 11) is 1.76. The Balaban J connectivity index is 1.54. The molecule has 1 saturated heterocycles. The number of rotatable bonds is 5. The third kappa shape index (κ3) is 4.42. The monoisotopic (exact) mass is 351 g/mol. The van der Waals surface area contributed by atoms with Crippen LogP contribution in [0.15, 0.2) is 54.6 Å². The molecule has 1 heterocycles.